The van der Waals surface area contributed by atoms with Crippen LogP contribution in [-0.4, -0.2) is 25.1 Å². The number of carbonyl (C=O) groups excluding carboxylic acids is 1. The van der Waals surface area contributed by atoms with Crippen molar-refractivity contribution in [1.29, 1.82) is 0 Å². The molecule has 0 aliphatic carbocycles. The van der Waals surface area contributed by atoms with Gasteiger partial charge in [-0.25, -0.2) is 0 Å². The van der Waals surface area contributed by atoms with Gasteiger partial charge >= 0.3 is 0 Å². The predicted molar refractivity (Wildman–Crippen MR) is 73.0 cm³/mol. The number of nitrogens with one attached hydrogen (secondary N) is 1. The van der Waals surface area contributed by atoms with E-state index in [4.69, 9.17) is 22.1 Å². The predicted octanol–water partition coefficient (Wildman–Crippen LogP) is 1.74. The molecule has 1 rings (SSSR count). The molecule has 5 heteroatoms. The average Bonchev–Trinajstić information content (AvgIpc) is 2.28. The average molecular weight is 271 g/mol. The van der Waals surface area contributed by atoms with E-state index in [1.807, 2.05) is 13.8 Å². The van der Waals surface area contributed by atoms with E-state index in [9.17, 15) is 4.79 Å². The Morgan fingerprint density at radius 2 is 2.17 bits per heavy atom. The molecule has 0 fully saturated rings. The van der Waals surface area contributed by atoms with Gasteiger partial charge in [0, 0.05) is 22.7 Å². The minimum absolute atomic E-state index is 0.106. The number of carbonyl (C=O) groups is 1. The van der Waals surface area contributed by atoms with Crippen molar-refractivity contribution in [2.45, 2.75) is 25.8 Å². The van der Waals surface area contributed by atoms with Crippen molar-refractivity contribution in [3.63, 3.8) is 0 Å². The van der Waals surface area contributed by atoms with E-state index >= 15 is 0 Å². The van der Waals surface area contributed by atoms with Gasteiger partial charge in [0.25, 0.3) is 0 Å². The highest BCUT2D eigenvalue weighted by atomic mass is 35.5. The number of hydrogen-bond acceptors (Lipinski definition) is 3. The molecule has 0 aromatic heterocycles. The van der Waals surface area contributed by atoms with Crippen molar-refractivity contribution < 1.29 is 9.53 Å². The van der Waals surface area contributed by atoms with Crippen LogP contribution in [0.15, 0.2) is 18.2 Å². The molecule has 0 spiro atoms. The van der Waals surface area contributed by atoms with Gasteiger partial charge in [-0.15, -0.1) is 0 Å². The third-order valence-corrected chi connectivity index (χ3v) is 2.82. The maximum absolute atomic E-state index is 11.9. The van der Waals surface area contributed by atoms with Crippen LogP contribution < -0.4 is 15.8 Å². The minimum atomic E-state index is -0.414. The van der Waals surface area contributed by atoms with Crippen molar-refractivity contribution in [1.82, 2.24) is 5.32 Å². The molecular formula is C13H19ClN2O2. The molecule has 4 nitrogen and oxygen atoms in total. The summed E-state index contributed by atoms with van der Waals surface area (Å²) in [5, 5.41) is 3.44. The molecule has 0 atom stereocenters. The molecule has 0 radical (unpaired) electrons. The molecule has 0 saturated carbocycles. The lowest BCUT2D eigenvalue weighted by Gasteiger charge is -2.24. The van der Waals surface area contributed by atoms with Gasteiger partial charge in [0.15, 0.2) is 0 Å². The summed E-state index contributed by atoms with van der Waals surface area (Å²) in [4.78, 5) is 11.9. The Morgan fingerprint density at radius 3 is 2.72 bits per heavy atom. The van der Waals surface area contributed by atoms with E-state index in [2.05, 4.69) is 5.32 Å². The van der Waals surface area contributed by atoms with Gasteiger partial charge in [0.05, 0.1) is 13.5 Å². The van der Waals surface area contributed by atoms with Crippen LogP contribution in [0.4, 0.5) is 0 Å². The summed E-state index contributed by atoms with van der Waals surface area (Å²) in [6.07, 6.45) is 0.215. The van der Waals surface area contributed by atoms with Gasteiger partial charge in [-0.2, -0.15) is 0 Å². The number of benzene rings is 1. The first-order valence-corrected chi connectivity index (χ1v) is 6.09. The molecule has 18 heavy (non-hydrogen) atoms. The van der Waals surface area contributed by atoms with Crippen LogP contribution in [-0.2, 0) is 11.2 Å². The molecule has 100 valence electrons. The van der Waals surface area contributed by atoms with Crippen LogP contribution in [0.5, 0.6) is 5.75 Å². The first-order valence-electron chi connectivity index (χ1n) is 5.71. The van der Waals surface area contributed by atoms with Crippen LogP contribution in [0.2, 0.25) is 5.02 Å². The summed E-state index contributed by atoms with van der Waals surface area (Å²) in [5.41, 5.74) is 5.91. The summed E-state index contributed by atoms with van der Waals surface area (Å²) in [7, 11) is 1.56. The molecule has 0 saturated heterocycles. The lowest BCUT2D eigenvalue weighted by Crippen LogP contribution is -2.49. The lowest BCUT2D eigenvalue weighted by atomic mass is 10.0. The summed E-state index contributed by atoms with van der Waals surface area (Å²) in [6, 6.07) is 5.21. The smallest absolute Gasteiger partial charge is 0.225 e. The Balaban J connectivity index is 2.78. The highest BCUT2D eigenvalue weighted by Crippen LogP contribution is 2.23. The summed E-state index contributed by atoms with van der Waals surface area (Å²) >= 11 is 5.91. The SMILES string of the molecule is COc1ccc(Cl)cc1CC(=O)NC(C)(C)CN. The van der Waals surface area contributed by atoms with Gasteiger partial charge < -0.3 is 15.8 Å². The zero-order chi connectivity index (χ0) is 13.8. The molecule has 1 amide bonds. The van der Waals surface area contributed by atoms with E-state index in [-0.39, 0.29) is 12.3 Å². The summed E-state index contributed by atoms with van der Waals surface area (Å²) < 4.78 is 5.19. The third-order valence-electron chi connectivity index (χ3n) is 2.58. The Labute approximate surface area is 112 Å². The van der Waals surface area contributed by atoms with Crippen LogP contribution in [0, 0.1) is 0 Å². The van der Waals surface area contributed by atoms with Crippen LogP contribution in [0.1, 0.15) is 19.4 Å². The highest BCUT2D eigenvalue weighted by Gasteiger charge is 2.19. The maximum atomic E-state index is 11.9. The second kappa shape index (κ2) is 6.07. The van der Waals surface area contributed by atoms with Gasteiger partial charge in [-0.3, -0.25) is 4.79 Å². The highest BCUT2D eigenvalue weighted by molar-refractivity contribution is 6.30. The number of rotatable bonds is 5. The van der Waals surface area contributed by atoms with Crippen molar-refractivity contribution in [2.24, 2.45) is 5.73 Å². The Morgan fingerprint density at radius 1 is 1.50 bits per heavy atom. The summed E-state index contributed by atoms with van der Waals surface area (Å²) in [5.74, 6) is 0.547. The monoisotopic (exact) mass is 270 g/mol. The van der Waals surface area contributed by atoms with Gasteiger partial charge in [-0.05, 0) is 32.0 Å². The molecule has 0 aliphatic heterocycles. The molecule has 1 aromatic carbocycles. The van der Waals surface area contributed by atoms with Gasteiger partial charge in [0.1, 0.15) is 5.75 Å². The number of halogens is 1. The first-order chi connectivity index (χ1) is 8.38. The van der Waals surface area contributed by atoms with E-state index in [1.54, 1.807) is 25.3 Å². The Kier molecular flexibility index (Phi) is 4.99. The quantitative estimate of drug-likeness (QED) is 0.857. The van der Waals surface area contributed by atoms with E-state index in [0.717, 1.165) is 5.56 Å². The van der Waals surface area contributed by atoms with Gasteiger partial charge in [-0.1, -0.05) is 11.6 Å². The van der Waals surface area contributed by atoms with Crippen molar-refractivity contribution in [3.8, 4) is 5.75 Å². The molecule has 0 heterocycles. The summed E-state index contributed by atoms with van der Waals surface area (Å²) in [6.45, 7) is 4.13. The second-order valence-electron chi connectivity index (χ2n) is 4.77. The molecule has 3 N–H and O–H groups in total. The minimum Gasteiger partial charge on any atom is -0.496 e. The number of methoxy groups -OCH3 is 1. The van der Waals surface area contributed by atoms with Crippen molar-refractivity contribution in [3.05, 3.63) is 28.8 Å². The van der Waals surface area contributed by atoms with Gasteiger partial charge in [0.2, 0.25) is 5.91 Å². The molecule has 0 unspecified atom stereocenters. The normalized spacial score (nSPS) is 11.2. The van der Waals surface area contributed by atoms with E-state index in [1.165, 1.54) is 0 Å². The topological polar surface area (TPSA) is 64.3 Å². The third kappa shape index (κ3) is 4.20. The lowest BCUT2D eigenvalue weighted by molar-refractivity contribution is -0.121. The zero-order valence-corrected chi connectivity index (χ0v) is 11.7. The number of ether oxygens (including phenoxy) is 1. The standard InChI is InChI=1S/C13H19ClN2O2/c1-13(2,8-15)16-12(17)7-9-6-10(14)4-5-11(9)18-3/h4-6H,7-8,15H2,1-3H3,(H,16,17). The molecule has 1 aromatic rings. The van der Waals surface area contributed by atoms with Crippen LogP contribution >= 0.6 is 11.6 Å². The Bertz CT molecular complexity index is 433. The van der Waals surface area contributed by atoms with Crippen LogP contribution in [0.3, 0.4) is 0 Å². The largest absolute Gasteiger partial charge is 0.496 e. The Hall–Kier alpha value is -1.26. The fourth-order valence-electron chi connectivity index (χ4n) is 1.53. The first kappa shape index (κ1) is 14.8. The van der Waals surface area contributed by atoms with E-state index < -0.39 is 5.54 Å². The van der Waals surface area contributed by atoms with Crippen molar-refractivity contribution >= 4 is 17.5 Å². The maximum Gasteiger partial charge on any atom is 0.225 e. The fraction of sp³-hybridized carbons (Fsp3) is 0.462. The number of hydrogen-bond donors (Lipinski definition) is 2. The number of nitrogens with two attached hydrogens (primary N) is 1. The molecule has 0 bridgehead atoms. The van der Waals surface area contributed by atoms with E-state index in [0.29, 0.717) is 17.3 Å². The molecular weight excluding hydrogens is 252 g/mol. The fourth-order valence-corrected chi connectivity index (χ4v) is 1.73. The number of amides is 1. The molecule has 0 aliphatic rings. The zero-order valence-electron chi connectivity index (χ0n) is 10.9. The van der Waals surface area contributed by atoms with Crippen molar-refractivity contribution in [2.75, 3.05) is 13.7 Å². The van der Waals surface area contributed by atoms with Crippen LogP contribution in [0.25, 0.3) is 0 Å². The second-order valence-corrected chi connectivity index (χ2v) is 5.21.